The molecule has 1 aliphatic heterocycles. The lowest BCUT2D eigenvalue weighted by molar-refractivity contribution is -0.137. The molecule has 3 N–H and O–H groups in total. The number of halogens is 3. The SMILES string of the molecule is CCN1CCN(c2cc(C(=O)Nc3ccc(C)c(Nc4cc(C)nn4-c4cc(NC)ncn4)c3)cc(C(F)(F)F)c2)CC1. The predicted octanol–water partition coefficient (Wildman–Crippen LogP) is 5.48. The fourth-order valence-electron chi connectivity index (χ4n) is 4.95. The molecule has 226 valence electrons. The number of nitrogens with one attached hydrogen (secondary N) is 3. The molecule has 0 spiro atoms. The third kappa shape index (κ3) is 6.88. The maximum Gasteiger partial charge on any atom is 0.416 e. The van der Waals surface area contributed by atoms with Gasteiger partial charge in [-0.05, 0) is 56.3 Å². The minimum absolute atomic E-state index is 0.0596. The zero-order valence-corrected chi connectivity index (χ0v) is 24.5. The van der Waals surface area contributed by atoms with Crippen LogP contribution in [0.25, 0.3) is 5.82 Å². The summed E-state index contributed by atoms with van der Waals surface area (Å²) in [6.07, 6.45) is -3.15. The van der Waals surface area contributed by atoms with E-state index in [0.717, 1.165) is 43.0 Å². The number of anilines is 5. The van der Waals surface area contributed by atoms with Crippen molar-refractivity contribution in [3.8, 4) is 5.82 Å². The molecule has 2 aromatic heterocycles. The minimum atomic E-state index is -4.59. The van der Waals surface area contributed by atoms with Crippen LogP contribution >= 0.6 is 0 Å². The maximum atomic E-state index is 13.8. The molecule has 0 atom stereocenters. The summed E-state index contributed by atoms with van der Waals surface area (Å²) in [6.45, 7) is 9.38. The second-order valence-electron chi connectivity index (χ2n) is 10.4. The second-order valence-corrected chi connectivity index (χ2v) is 10.4. The van der Waals surface area contributed by atoms with Crippen molar-refractivity contribution in [2.24, 2.45) is 0 Å². The molecule has 10 nitrogen and oxygen atoms in total. The summed E-state index contributed by atoms with van der Waals surface area (Å²) in [7, 11) is 1.76. The highest BCUT2D eigenvalue weighted by Gasteiger charge is 2.33. The zero-order valence-electron chi connectivity index (χ0n) is 24.5. The van der Waals surface area contributed by atoms with E-state index in [4.69, 9.17) is 0 Å². The van der Waals surface area contributed by atoms with E-state index in [1.54, 1.807) is 29.9 Å². The van der Waals surface area contributed by atoms with Crippen LogP contribution in [0.4, 0.5) is 41.9 Å². The molecule has 4 aromatic rings. The number of aryl methyl sites for hydroxylation is 2. The summed E-state index contributed by atoms with van der Waals surface area (Å²) in [4.78, 5) is 25.9. The van der Waals surface area contributed by atoms with Gasteiger partial charge in [-0.25, -0.2) is 9.97 Å². The van der Waals surface area contributed by atoms with Crippen molar-refractivity contribution >= 4 is 34.6 Å². The van der Waals surface area contributed by atoms with Crippen molar-refractivity contribution < 1.29 is 18.0 Å². The van der Waals surface area contributed by atoms with Gasteiger partial charge in [0.05, 0.1) is 11.3 Å². The first kappa shape index (κ1) is 29.8. The Bertz CT molecular complexity index is 1610. The standard InChI is InChI=1S/C30H34F3N9O/c1-5-40-8-10-41(11-9-40)24-14-21(13-22(15-24)30(31,32)33)29(43)37-23-7-6-19(2)25(16-23)38-28-12-20(3)39-42(28)27-17-26(34-4)35-18-36-27/h6-7,12-18,38H,5,8-11H2,1-4H3,(H,37,43)(H,34,35,36). The predicted molar refractivity (Wildman–Crippen MR) is 162 cm³/mol. The molecule has 1 amide bonds. The first-order chi connectivity index (χ1) is 20.5. The van der Waals surface area contributed by atoms with Crippen LogP contribution in [0.5, 0.6) is 0 Å². The molecule has 0 unspecified atom stereocenters. The van der Waals surface area contributed by atoms with Gasteiger partial charge >= 0.3 is 6.18 Å². The van der Waals surface area contributed by atoms with E-state index in [9.17, 15) is 18.0 Å². The average Bonchev–Trinajstić information content (AvgIpc) is 3.37. The third-order valence-electron chi connectivity index (χ3n) is 7.41. The van der Waals surface area contributed by atoms with E-state index in [1.807, 2.05) is 30.9 Å². The van der Waals surface area contributed by atoms with E-state index in [2.05, 4.69) is 42.8 Å². The Balaban J connectivity index is 1.39. The number of carbonyl (C=O) groups is 1. The number of amides is 1. The molecule has 13 heteroatoms. The highest BCUT2D eigenvalue weighted by molar-refractivity contribution is 6.05. The van der Waals surface area contributed by atoms with Gasteiger partial charge in [-0.1, -0.05) is 13.0 Å². The number of carbonyl (C=O) groups excluding carboxylic acids is 1. The third-order valence-corrected chi connectivity index (χ3v) is 7.41. The van der Waals surface area contributed by atoms with Gasteiger partial charge < -0.3 is 25.8 Å². The normalized spacial score (nSPS) is 14.1. The molecule has 0 saturated carbocycles. The van der Waals surface area contributed by atoms with E-state index < -0.39 is 17.6 Å². The summed E-state index contributed by atoms with van der Waals surface area (Å²) in [6, 6.07) is 12.4. The van der Waals surface area contributed by atoms with Crippen molar-refractivity contribution in [1.82, 2.24) is 24.6 Å². The van der Waals surface area contributed by atoms with Crippen molar-refractivity contribution in [2.75, 3.05) is 60.6 Å². The quantitative estimate of drug-likeness (QED) is 0.247. The molecule has 0 radical (unpaired) electrons. The van der Waals surface area contributed by atoms with Gasteiger partial charge in [-0.15, -0.1) is 0 Å². The fourth-order valence-corrected chi connectivity index (χ4v) is 4.95. The van der Waals surface area contributed by atoms with Gasteiger partial charge in [0, 0.05) is 68.0 Å². The Morgan fingerprint density at radius 2 is 1.74 bits per heavy atom. The molecule has 0 bridgehead atoms. The lowest BCUT2D eigenvalue weighted by atomic mass is 10.1. The highest BCUT2D eigenvalue weighted by Crippen LogP contribution is 2.34. The van der Waals surface area contributed by atoms with Crippen LogP contribution in [0.15, 0.2) is 54.9 Å². The summed E-state index contributed by atoms with van der Waals surface area (Å²) < 4.78 is 43.2. The number of rotatable bonds is 8. The Morgan fingerprint density at radius 1 is 0.977 bits per heavy atom. The number of benzene rings is 2. The fraction of sp³-hybridized carbons (Fsp3) is 0.333. The van der Waals surface area contributed by atoms with Gasteiger partial charge in [0.2, 0.25) is 0 Å². The monoisotopic (exact) mass is 593 g/mol. The van der Waals surface area contributed by atoms with Crippen LogP contribution < -0.4 is 20.9 Å². The molecule has 5 rings (SSSR count). The highest BCUT2D eigenvalue weighted by atomic mass is 19.4. The van der Waals surface area contributed by atoms with E-state index in [0.29, 0.717) is 47.6 Å². The first-order valence-electron chi connectivity index (χ1n) is 14.0. The number of likely N-dealkylation sites (N-methyl/N-ethyl adjacent to an activating group) is 1. The van der Waals surface area contributed by atoms with Crippen LogP contribution in [0.2, 0.25) is 0 Å². The van der Waals surface area contributed by atoms with Crippen LogP contribution in [0, 0.1) is 13.8 Å². The maximum absolute atomic E-state index is 13.8. The first-order valence-corrected chi connectivity index (χ1v) is 14.0. The molecule has 43 heavy (non-hydrogen) atoms. The Morgan fingerprint density at radius 3 is 2.44 bits per heavy atom. The Labute approximate surface area is 247 Å². The smallest absolute Gasteiger partial charge is 0.373 e. The molecule has 2 aromatic carbocycles. The second kappa shape index (κ2) is 12.3. The van der Waals surface area contributed by atoms with E-state index in [-0.39, 0.29) is 5.56 Å². The summed E-state index contributed by atoms with van der Waals surface area (Å²) >= 11 is 0. The van der Waals surface area contributed by atoms with Crippen molar-refractivity contribution in [2.45, 2.75) is 26.9 Å². The summed E-state index contributed by atoms with van der Waals surface area (Å²) in [5.74, 6) is 1.19. The molecular weight excluding hydrogens is 559 g/mol. The van der Waals surface area contributed by atoms with Gasteiger partial charge in [-0.2, -0.15) is 23.0 Å². The van der Waals surface area contributed by atoms with Crippen LogP contribution in [-0.2, 0) is 6.18 Å². The topological polar surface area (TPSA) is 103 Å². The van der Waals surface area contributed by atoms with Crippen molar-refractivity contribution in [3.05, 3.63) is 77.2 Å². The summed E-state index contributed by atoms with van der Waals surface area (Å²) in [5, 5.41) is 13.7. The Kier molecular flexibility index (Phi) is 8.53. The van der Waals surface area contributed by atoms with Crippen molar-refractivity contribution in [1.29, 1.82) is 0 Å². The minimum Gasteiger partial charge on any atom is -0.373 e. The summed E-state index contributed by atoms with van der Waals surface area (Å²) in [5.41, 5.74) is 2.22. The van der Waals surface area contributed by atoms with Crippen molar-refractivity contribution in [3.63, 3.8) is 0 Å². The van der Waals surface area contributed by atoms with Gasteiger partial charge in [-0.3, -0.25) is 4.79 Å². The average molecular weight is 594 g/mol. The van der Waals surface area contributed by atoms with Gasteiger partial charge in [0.25, 0.3) is 5.91 Å². The number of aromatic nitrogens is 4. The largest absolute Gasteiger partial charge is 0.416 e. The van der Waals surface area contributed by atoms with E-state index >= 15 is 0 Å². The van der Waals surface area contributed by atoms with E-state index in [1.165, 1.54) is 12.4 Å². The molecule has 0 aliphatic carbocycles. The molecule has 1 aliphatic rings. The van der Waals surface area contributed by atoms with Crippen LogP contribution in [-0.4, -0.2) is 70.3 Å². The number of hydrogen-bond acceptors (Lipinski definition) is 8. The number of piperazine rings is 1. The number of nitrogens with zero attached hydrogens (tertiary/aromatic N) is 6. The number of alkyl halides is 3. The Hall–Kier alpha value is -4.65. The lowest BCUT2D eigenvalue weighted by Crippen LogP contribution is -2.46. The molecular formula is C30H34F3N9O. The molecule has 1 fully saturated rings. The lowest BCUT2D eigenvalue weighted by Gasteiger charge is -2.36. The molecule has 3 heterocycles. The van der Waals surface area contributed by atoms with Gasteiger partial charge in [0.1, 0.15) is 18.0 Å². The van der Waals surface area contributed by atoms with Crippen LogP contribution in [0.1, 0.15) is 34.1 Å². The van der Waals surface area contributed by atoms with Gasteiger partial charge in [0.15, 0.2) is 5.82 Å². The zero-order chi connectivity index (χ0) is 30.7. The molecule has 1 saturated heterocycles. The van der Waals surface area contributed by atoms with Crippen LogP contribution in [0.3, 0.4) is 0 Å². The number of hydrogen-bond donors (Lipinski definition) is 3.